The number of aliphatic hydroxyl groups is 1. The van der Waals surface area contributed by atoms with E-state index in [0.29, 0.717) is 13.2 Å². The minimum absolute atomic E-state index is 0.00831. The lowest BCUT2D eigenvalue weighted by Gasteiger charge is -2.36. The first-order valence-corrected chi connectivity index (χ1v) is 8.53. The van der Waals surface area contributed by atoms with Crippen molar-refractivity contribution >= 4 is 5.91 Å². The number of aliphatic hydroxyl groups excluding tert-OH is 1. The molecular formula is C18H26N2O3. The Morgan fingerprint density at radius 2 is 2.09 bits per heavy atom. The predicted octanol–water partition coefficient (Wildman–Crippen LogP) is 1.31. The van der Waals surface area contributed by atoms with E-state index in [1.807, 2.05) is 6.07 Å². The van der Waals surface area contributed by atoms with Gasteiger partial charge in [-0.2, -0.15) is 0 Å². The topological polar surface area (TPSA) is 70.6 Å². The summed E-state index contributed by atoms with van der Waals surface area (Å²) in [5.74, 6) is -0.00831. The second kappa shape index (κ2) is 7.43. The van der Waals surface area contributed by atoms with E-state index in [-0.39, 0.29) is 30.6 Å². The molecule has 2 aliphatic rings. The van der Waals surface area contributed by atoms with E-state index in [4.69, 9.17) is 4.74 Å². The number of hydrogen-bond acceptors (Lipinski definition) is 4. The van der Waals surface area contributed by atoms with E-state index >= 15 is 0 Å². The molecule has 1 aromatic rings. The van der Waals surface area contributed by atoms with Gasteiger partial charge in [0.1, 0.15) is 0 Å². The zero-order valence-corrected chi connectivity index (χ0v) is 13.5. The Hall–Kier alpha value is -1.43. The second-order valence-corrected chi connectivity index (χ2v) is 6.62. The highest BCUT2D eigenvalue weighted by Crippen LogP contribution is 2.29. The first-order valence-electron chi connectivity index (χ1n) is 8.53. The Balaban J connectivity index is 1.56. The largest absolute Gasteiger partial charge is 0.394 e. The van der Waals surface area contributed by atoms with E-state index in [1.54, 1.807) is 0 Å². The minimum atomic E-state index is -0.375. The Kier molecular flexibility index (Phi) is 5.30. The van der Waals surface area contributed by atoms with Crippen molar-refractivity contribution in [2.24, 2.45) is 0 Å². The third kappa shape index (κ3) is 3.91. The maximum Gasteiger partial charge on any atom is 0.234 e. The van der Waals surface area contributed by atoms with Crippen LogP contribution in [0.1, 0.15) is 42.9 Å². The van der Waals surface area contributed by atoms with Crippen LogP contribution in [-0.4, -0.2) is 42.9 Å². The molecule has 23 heavy (non-hydrogen) atoms. The molecule has 5 heteroatoms. The number of fused-ring (bicyclic) bond motifs is 1. The molecule has 1 heterocycles. The van der Waals surface area contributed by atoms with Crippen LogP contribution in [0, 0.1) is 0 Å². The smallest absolute Gasteiger partial charge is 0.234 e. The molecule has 5 nitrogen and oxygen atoms in total. The summed E-state index contributed by atoms with van der Waals surface area (Å²) in [4.78, 5) is 12.3. The van der Waals surface area contributed by atoms with Crippen LogP contribution in [0.4, 0.5) is 0 Å². The fraction of sp³-hybridized carbons (Fsp3) is 0.611. The maximum atomic E-state index is 12.3. The molecule has 1 aliphatic heterocycles. The number of carbonyl (C=O) groups excluding carboxylic acids is 1. The number of carbonyl (C=O) groups is 1. The van der Waals surface area contributed by atoms with Gasteiger partial charge >= 0.3 is 0 Å². The fourth-order valence-electron chi connectivity index (χ4n) is 3.57. The summed E-state index contributed by atoms with van der Waals surface area (Å²) in [5, 5.41) is 16.1. The molecule has 1 aliphatic carbocycles. The molecule has 1 unspecified atom stereocenters. The Morgan fingerprint density at radius 1 is 1.30 bits per heavy atom. The summed E-state index contributed by atoms with van der Waals surface area (Å²) in [6.45, 7) is 1.53. The van der Waals surface area contributed by atoms with Crippen LogP contribution in [0.15, 0.2) is 24.3 Å². The predicted molar refractivity (Wildman–Crippen MR) is 88.1 cm³/mol. The third-order valence-corrected chi connectivity index (χ3v) is 5.08. The molecule has 0 bridgehead atoms. The van der Waals surface area contributed by atoms with E-state index in [9.17, 15) is 9.90 Å². The quantitative estimate of drug-likeness (QED) is 0.765. The number of rotatable bonds is 5. The summed E-state index contributed by atoms with van der Waals surface area (Å²) in [7, 11) is 0. The van der Waals surface area contributed by atoms with Gasteiger partial charge in [-0.05, 0) is 43.2 Å². The van der Waals surface area contributed by atoms with Crippen molar-refractivity contribution in [2.45, 2.75) is 43.7 Å². The van der Waals surface area contributed by atoms with Gasteiger partial charge in [0.2, 0.25) is 5.91 Å². The Morgan fingerprint density at radius 3 is 2.87 bits per heavy atom. The molecule has 0 radical (unpaired) electrons. The molecule has 126 valence electrons. The molecule has 3 rings (SSSR count). The maximum absolute atomic E-state index is 12.3. The molecule has 1 amide bonds. The van der Waals surface area contributed by atoms with Crippen molar-refractivity contribution in [1.29, 1.82) is 0 Å². The van der Waals surface area contributed by atoms with Crippen LogP contribution in [0.5, 0.6) is 0 Å². The van der Waals surface area contributed by atoms with Crippen molar-refractivity contribution in [1.82, 2.24) is 10.6 Å². The number of nitrogens with one attached hydrogen (secondary N) is 2. The highest BCUT2D eigenvalue weighted by Gasteiger charge is 2.32. The molecule has 1 aromatic carbocycles. The van der Waals surface area contributed by atoms with Gasteiger partial charge in [0.25, 0.3) is 0 Å². The summed E-state index contributed by atoms with van der Waals surface area (Å²) >= 11 is 0. The average Bonchev–Trinajstić information content (AvgIpc) is 2.61. The van der Waals surface area contributed by atoms with Crippen LogP contribution in [0.2, 0.25) is 0 Å². The van der Waals surface area contributed by atoms with Gasteiger partial charge in [-0.15, -0.1) is 0 Å². The highest BCUT2D eigenvalue weighted by molar-refractivity contribution is 5.78. The summed E-state index contributed by atoms with van der Waals surface area (Å²) in [5.41, 5.74) is 2.21. The number of hydrogen-bond donors (Lipinski definition) is 3. The standard InChI is InChI=1S/C18H26N2O3/c21-13-18(8-10-23-11-9-18)19-12-17(22)20-16-7-3-5-14-4-1-2-6-15(14)16/h1-2,4,6,16,19,21H,3,5,7-13H2,(H,20,22). The summed E-state index contributed by atoms with van der Waals surface area (Å²) in [6.07, 6.45) is 4.66. The van der Waals surface area contributed by atoms with Crippen LogP contribution >= 0.6 is 0 Å². The van der Waals surface area contributed by atoms with Gasteiger partial charge in [-0.3, -0.25) is 4.79 Å². The Bertz CT molecular complexity index is 541. The third-order valence-electron chi connectivity index (χ3n) is 5.08. The SMILES string of the molecule is O=C(CNC1(CO)CCOCC1)NC1CCCc2ccccc21. The lowest BCUT2D eigenvalue weighted by molar-refractivity contribution is -0.121. The van der Waals surface area contributed by atoms with E-state index in [0.717, 1.165) is 32.1 Å². The minimum Gasteiger partial charge on any atom is -0.394 e. The van der Waals surface area contributed by atoms with Gasteiger partial charge in [0.05, 0.1) is 19.2 Å². The van der Waals surface area contributed by atoms with Crippen molar-refractivity contribution in [3.63, 3.8) is 0 Å². The lowest BCUT2D eigenvalue weighted by atomic mass is 9.87. The monoisotopic (exact) mass is 318 g/mol. The molecule has 3 N–H and O–H groups in total. The molecule has 1 atom stereocenters. The van der Waals surface area contributed by atoms with Crippen molar-refractivity contribution in [3.8, 4) is 0 Å². The zero-order chi connectivity index (χ0) is 16.1. The van der Waals surface area contributed by atoms with Crippen LogP contribution in [-0.2, 0) is 16.0 Å². The van der Waals surface area contributed by atoms with Crippen molar-refractivity contribution < 1.29 is 14.6 Å². The first-order chi connectivity index (χ1) is 11.2. The fourth-order valence-corrected chi connectivity index (χ4v) is 3.57. The number of ether oxygens (including phenoxy) is 1. The highest BCUT2D eigenvalue weighted by atomic mass is 16.5. The van der Waals surface area contributed by atoms with E-state index in [2.05, 4.69) is 28.8 Å². The van der Waals surface area contributed by atoms with Crippen LogP contribution in [0.25, 0.3) is 0 Å². The number of amides is 1. The van der Waals surface area contributed by atoms with Gasteiger partial charge in [0, 0.05) is 18.8 Å². The summed E-state index contributed by atoms with van der Waals surface area (Å²) in [6, 6.07) is 8.45. The summed E-state index contributed by atoms with van der Waals surface area (Å²) < 4.78 is 5.34. The van der Waals surface area contributed by atoms with Crippen LogP contribution < -0.4 is 10.6 Å². The van der Waals surface area contributed by atoms with Gasteiger partial charge < -0.3 is 20.5 Å². The second-order valence-electron chi connectivity index (χ2n) is 6.62. The molecule has 0 saturated carbocycles. The first kappa shape index (κ1) is 16.4. The Labute approximate surface area is 137 Å². The molecule has 1 saturated heterocycles. The lowest BCUT2D eigenvalue weighted by Crippen LogP contribution is -2.55. The van der Waals surface area contributed by atoms with Crippen LogP contribution in [0.3, 0.4) is 0 Å². The zero-order valence-electron chi connectivity index (χ0n) is 13.5. The van der Waals surface area contributed by atoms with Gasteiger partial charge in [-0.25, -0.2) is 0 Å². The average molecular weight is 318 g/mol. The van der Waals surface area contributed by atoms with Crippen molar-refractivity contribution in [3.05, 3.63) is 35.4 Å². The molecule has 0 spiro atoms. The van der Waals surface area contributed by atoms with E-state index in [1.165, 1.54) is 11.1 Å². The van der Waals surface area contributed by atoms with Gasteiger partial charge in [0.15, 0.2) is 0 Å². The number of benzene rings is 1. The molecule has 0 aromatic heterocycles. The van der Waals surface area contributed by atoms with Crippen molar-refractivity contribution in [2.75, 3.05) is 26.4 Å². The normalized spacial score (nSPS) is 23.1. The molecule has 1 fully saturated rings. The van der Waals surface area contributed by atoms with Gasteiger partial charge in [-0.1, -0.05) is 24.3 Å². The molecular weight excluding hydrogens is 292 g/mol. The van der Waals surface area contributed by atoms with E-state index < -0.39 is 0 Å². The number of aryl methyl sites for hydroxylation is 1.